The summed E-state index contributed by atoms with van der Waals surface area (Å²) in [6.07, 6.45) is 12.1. The van der Waals surface area contributed by atoms with Crippen LogP contribution < -0.4 is 0 Å². The summed E-state index contributed by atoms with van der Waals surface area (Å²) in [6.45, 7) is 0. The molecule has 0 unspecified atom stereocenters. The monoisotopic (exact) mass is 305 g/mol. The van der Waals surface area contributed by atoms with Gasteiger partial charge in [0.15, 0.2) is 5.82 Å². The van der Waals surface area contributed by atoms with Gasteiger partial charge in [-0.3, -0.25) is 4.79 Å². The van der Waals surface area contributed by atoms with Crippen LogP contribution in [0.1, 0.15) is 81.8 Å². The molecule has 0 aromatic carbocycles. The van der Waals surface area contributed by atoms with E-state index in [1.54, 1.807) is 0 Å². The minimum absolute atomic E-state index is 0.205. The van der Waals surface area contributed by atoms with E-state index >= 15 is 0 Å². The summed E-state index contributed by atoms with van der Waals surface area (Å²) in [5.41, 5.74) is 0. The fraction of sp³-hybridized carbons (Fsp3) is 0.824. The summed E-state index contributed by atoms with van der Waals surface area (Å²) < 4.78 is 5.25. The average Bonchev–Trinajstić information content (AvgIpc) is 3.23. The van der Waals surface area contributed by atoms with E-state index in [4.69, 9.17) is 4.52 Å². The molecule has 1 amide bonds. The number of aryl methyl sites for hydroxylation is 1. The summed E-state index contributed by atoms with van der Waals surface area (Å²) in [6, 6.07) is 0.414. The number of hydrogen-bond donors (Lipinski definition) is 0. The van der Waals surface area contributed by atoms with Gasteiger partial charge in [0.25, 0.3) is 0 Å². The summed E-state index contributed by atoms with van der Waals surface area (Å²) in [5, 5.41) is 4.00. The molecular weight excluding hydrogens is 278 g/mol. The van der Waals surface area contributed by atoms with Gasteiger partial charge in [-0.2, -0.15) is 4.98 Å². The molecule has 0 saturated heterocycles. The molecule has 0 atom stereocenters. The Morgan fingerprint density at radius 3 is 2.50 bits per heavy atom. The van der Waals surface area contributed by atoms with E-state index in [0.717, 1.165) is 18.7 Å². The van der Waals surface area contributed by atoms with Gasteiger partial charge in [0, 0.05) is 31.8 Å². The highest BCUT2D eigenvalue weighted by molar-refractivity contribution is 5.76. The first-order valence-corrected chi connectivity index (χ1v) is 8.82. The molecule has 0 aliphatic heterocycles. The van der Waals surface area contributed by atoms with Crippen molar-refractivity contribution in [1.29, 1.82) is 0 Å². The van der Waals surface area contributed by atoms with Crippen molar-refractivity contribution in [2.45, 2.75) is 82.6 Å². The molecule has 0 spiro atoms. The van der Waals surface area contributed by atoms with Crippen molar-refractivity contribution >= 4 is 5.91 Å². The van der Waals surface area contributed by atoms with Gasteiger partial charge in [-0.15, -0.1) is 0 Å². The normalized spacial score (nSPS) is 20.4. The SMILES string of the molecule is CN(C(=O)CCc1nc(C2CC2)no1)C1CCCCCCC1. The molecule has 1 heterocycles. The number of aromatic nitrogens is 2. The van der Waals surface area contributed by atoms with Gasteiger partial charge in [-0.1, -0.05) is 37.3 Å². The van der Waals surface area contributed by atoms with E-state index in [9.17, 15) is 4.79 Å². The molecule has 2 saturated carbocycles. The first-order valence-electron chi connectivity index (χ1n) is 8.82. The van der Waals surface area contributed by atoms with Crippen LogP contribution in [0.3, 0.4) is 0 Å². The molecule has 0 N–H and O–H groups in total. The number of carbonyl (C=O) groups is 1. The zero-order valence-electron chi connectivity index (χ0n) is 13.6. The van der Waals surface area contributed by atoms with Crippen molar-refractivity contribution in [2.75, 3.05) is 7.05 Å². The van der Waals surface area contributed by atoms with Crippen molar-refractivity contribution in [3.05, 3.63) is 11.7 Å². The van der Waals surface area contributed by atoms with E-state index in [2.05, 4.69) is 10.1 Å². The van der Waals surface area contributed by atoms with Gasteiger partial charge in [0.2, 0.25) is 11.8 Å². The predicted octanol–water partition coefficient (Wildman–Crippen LogP) is 3.45. The van der Waals surface area contributed by atoms with Crippen LogP contribution in [0.25, 0.3) is 0 Å². The van der Waals surface area contributed by atoms with Crippen molar-refractivity contribution in [2.24, 2.45) is 0 Å². The molecule has 2 fully saturated rings. The lowest BCUT2D eigenvalue weighted by Gasteiger charge is -2.29. The molecule has 2 aliphatic carbocycles. The quantitative estimate of drug-likeness (QED) is 0.836. The van der Waals surface area contributed by atoms with Crippen LogP contribution >= 0.6 is 0 Å². The van der Waals surface area contributed by atoms with Gasteiger partial charge in [0.05, 0.1) is 0 Å². The Kier molecular flexibility index (Phi) is 5.11. The van der Waals surface area contributed by atoms with Crippen LogP contribution in [0, 0.1) is 0 Å². The topological polar surface area (TPSA) is 59.2 Å². The molecule has 1 aromatic heterocycles. The Labute approximate surface area is 132 Å². The van der Waals surface area contributed by atoms with Crippen LogP contribution in [0.15, 0.2) is 4.52 Å². The maximum absolute atomic E-state index is 12.4. The minimum Gasteiger partial charge on any atom is -0.343 e. The lowest BCUT2D eigenvalue weighted by atomic mass is 9.95. The number of rotatable bonds is 5. The Morgan fingerprint density at radius 1 is 1.14 bits per heavy atom. The van der Waals surface area contributed by atoms with Gasteiger partial charge in [-0.05, 0) is 25.7 Å². The van der Waals surface area contributed by atoms with Crippen LogP contribution in [-0.2, 0) is 11.2 Å². The lowest BCUT2D eigenvalue weighted by Crippen LogP contribution is -2.37. The van der Waals surface area contributed by atoms with Crippen LogP contribution in [-0.4, -0.2) is 34.0 Å². The van der Waals surface area contributed by atoms with Gasteiger partial charge in [0.1, 0.15) is 0 Å². The predicted molar refractivity (Wildman–Crippen MR) is 83.5 cm³/mol. The lowest BCUT2D eigenvalue weighted by molar-refractivity contribution is -0.132. The van der Waals surface area contributed by atoms with Crippen molar-refractivity contribution < 1.29 is 9.32 Å². The van der Waals surface area contributed by atoms with Crippen molar-refractivity contribution in [1.82, 2.24) is 15.0 Å². The van der Waals surface area contributed by atoms with Gasteiger partial charge in [-0.25, -0.2) is 0 Å². The third kappa shape index (κ3) is 4.08. The number of carbonyl (C=O) groups excluding carboxylic acids is 1. The maximum atomic E-state index is 12.4. The highest BCUT2D eigenvalue weighted by Crippen LogP contribution is 2.38. The standard InChI is InChI=1S/C17H27N3O2/c1-20(14-7-5-3-2-4-6-8-14)16(21)12-11-15-18-17(19-22-15)13-9-10-13/h13-14H,2-12H2,1H3. The molecule has 5 heteroatoms. The van der Waals surface area contributed by atoms with Crippen molar-refractivity contribution in [3.8, 4) is 0 Å². The highest BCUT2D eigenvalue weighted by Gasteiger charge is 2.29. The van der Waals surface area contributed by atoms with Crippen LogP contribution in [0.4, 0.5) is 0 Å². The summed E-state index contributed by atoms with van der Waals surface area (Å²) >= 11 is 0. The molecular formula is C17H27N3O2. The second-order valence-corrected chi connectivity index (χ2v) is 6.82. The van der Waals surface area contributed by atoms with E-state index in [-0.39, 0.29) is 5.91 Å². The van der Waals surface area contributed by atoms with Gasteiger partial charge >= 0.3 is 0 Å². The maximum Gasteiger partial charge on any atom is 0.227 e. The van der Waals surface area contributed by atoms with Crippen LogP contribution in [0.2, 0.25) is 0 Å². The smallest absolute Gasteiger partial charge is 0.227 e. The van der Waals surface area contributed by atoms with E-state index in [1.807, 2.05) is 11.9 Å². The average molecular weight is 305 g/mol. The molecule has 0 radical (unpaired) electrons. The van der Waals surface area contributed by atoms with E-state index in [0.29, 0.717) is 30.7 Å². The molecule has 5 nitrogen and oxygen atoms in total. The zero-order valence-corrected chi connectivity index (χ0v) is 13.6. The summed E-state index contributed by atoms with van der Waals surface area (Å²) in [5.74, 6) is 2.15. The largest absolute Gasteiger partial charge is 0.343 e. The Bertz CT molecular complexity index is 488. The number of amides is 1. The molecule has 0 bridgehead atoms. The van der Waals surface area contributed by atoms with Crippen LogP contribution in [0.5, 0.6) is 0 Å². The Balaban J connectivity index is 1.46. The first-order chi connectivity index (χ1) is 10.7. The zero-order chi connectivity index (χ0) is 15.4. The van der Waals surface area contributed by atoms with E-state index in [1.165, 1.54) is 44.9 Å². The minimum atomic E-state index is 0.205. The third-order valence-corrected chi connectivity index (χ3v) is 4.99. The second kappa shape index (κ2) is 7.25. The van der Waals surface area contributed by atoms with Gasteiger partial charge < -0.3 is 9.42 Å². The molecule has 122 valence electrons. The fourth-order valence-corrected chi connectivity index (χ4v) is 3.29. The Hall–Kier alpha value is -1.39. The van der Waals surface area contributed by atoms with Crippen molar-refractivity contribution in [3.63, 3.8) is 0 Å². The first kappa shape index (κ1) is 15.5. The second-order valence-electron chi connectivity index (χ2n) is 6.82. The summed E-state index contributed by atoms with van der Waals surface area (Å²) in [7, 11) is 1.96. The number of nitrogens with zero attached hydrogens (tertiary/aromatic N) is 3. The molecule has 1 aromatic rings. The number of hydrogen-bond acceptors (Lipinski definition) is 4. The van der Waals surface area contributed by atoms with E-state index < -0.39 is 0 Å². The Morgan fingerprint density at radius 2 is 1.82 bits per heavy atom. The molecule has 3 rings (SSSR count). The molecule has 22 heavy (non-hydrogen) atoms. The highest BCUT2D eigenvalue weighted by atomic mass is 16.5. The fourth-order valence-electron chi connectivity index (χ4n) is 3.29. The third-order valence-electron chi connectivity index (χ3n) is 4.99. The summed E-state index contributed by atoms with van der Waals surface area (Å²) in [4.78, 5) is 18.8. The molecule has 2 aliphatic rings.